The number of hydrogen-bond acceptors (Lipinski definition) is 3. The molecule has 0 spiro atoms. The largest absolute Gasteiger partial charge is 0.394 e. The van der Waals surface area contributed by atoms with Crippen LogP contribution in [0.2, 0.25) is 0 Å². The van der Waals surface area contributed by atoms with Crippen LogP contribution in [0.3, 0.4) is 0 Å². The van der Waals surface area contributed by atoms with Gasteiger partial charge in [-0.2, -0.15) is 0 Å². The van der Waals surface area contributed by atoms with Gasteiger partial charge in [-0.3, -0.25) is 9.59 Å². The molecule has 0 N–H and O–H groups in total. The van der Waals surface area contributed by atoms with Gasteiger partial charge in [-0.15, -0.1) is 0 Å². The molecule has 0 heterocycles. The molecule has 0 unspecified atom stereocenters. The Morgan fingerprint density at radius 2 is 1.43 bits per heavy atom. The molecule has 0 atom stereocenters. The molecule has 0 aromatic rings. The minimum Gasteiger partial charge on any atom is -0.394 e. The Labute approximate surface area is 41.3 Å². The highest BCUT2D eigenvalue weighted by molar-refractivity contribution is 5.82. The monoisotopic (exact) mass is 106 g/mol. The van der Waals surface area contributed by atoms with Crippen LogP contribution in [-0.4, -0.2) is 11.9 Å². The van der Waals surface area contributed by atoms with Crippen LogP contribution >= 0.6 is 0 Å². The van der Waals surface area contributed by atoms with E-state index in [4.69, 9.17) is 0 Å². The lowest BCUT2D eigenvalue weighted by Gasteiger charge is -1.87. The molecular formula is C4H6O3. The number of ether oxygens (including phenoxy) is 1. The first-order valence-electron chi connectivity index (χ1n) is 1.82. The van der Waals surface area contributed by atoms with Crippen molar-refractivity contribution in [1.82, 2.24) is 0 Å². The van der Waals surface area contributed by atoms with Gasteiger partial charge in [0.25, 0.3) is 0 Å². The van der Waals surface area contributed by atoms with Gasteiger partial charge >= 0.3 is 11.9 Å². The average molecular weight is 106 g/mol. The van der Waals surface area contributed by atoms with Crippen LogP contribution in [0.1, 0.15) is 13.8 Å². The first-order valence-corrected chi connectivity index (χ1v) is 1.82. The number of esters is 2. The van der Waals surface area contributed by atoms with E-state index in [2.05, 4.69) is 4.74 Å². The molecule has 0 fully saturated rings. The maximum atomic E-state index is 9.81. The lowest BCUT2D eigenvalue weighted by atomic mass is 11.7. The van der Waals surface area contributed by atoms with Crippen molar-refractivity contribution in [1.29, 1.82) is 0 Å². The highest BCUT2D eigenvalue weighted by Gasteiger charge is 1.93. The molecule has 0 aliphatic rings. The fourth-order valence-electron chi connectivity index (χ4n) is 0.202. The van der Waals surface area contributed by atoms with E-state index in [1.165, 1.54) is 13.8 Å². The Balaban J connectivity index is 3.32. The molecule has 0 saturated heterocycles. The predicted molar refractivity (Wildman–Crippen MR) is 22.4 cm³/mol. The van der Waals surface area contributed by atoms with Crippen molar-refractivity contribution in [2.45, 2.75) is 13.8 Å². The van der Waals surface area contributed by atoms with Gasteiger partial charge in [0.1, 0.15) is 0 Å². The lowest BCUT2D eigenvalue weighted by Crippen LogP contribution is -2.03. The second kappa shape index (κ2) is 2.34. The summed E-state index contributed by atoms with van der Waals surface area (Å²) in [4.78, 5) is 19.6. The molecular weight excluding hydrogens is 100 g/mol. The normalized spacial score (nSPS) is 7.71. The number of carbonyl (C=O) groups is 2. The van der Waals surface area contributed by atoms with Crippen molar-refractivity contribution < 1.29 is 14.3 Å². The van der Waals surface area contributed by atoms with Crippen molar-refractivity contribution in [3.63, 3.8) is 0 Å². The minimum atomic E-state index is -0.562. The Morgan fingerprint density at radius 3 is 1.43 bits per heavy atom. The fraction of sp³-hybridized carbons (Fsp3) is 0.500. The molecule has 0 saturated carbocycles. The molecule has 0 rings (SSSR count). The van der Waals surface area contributed by atoms with Crippen LogP contribution in [0.15, 0.2) is 0 Å². The van der Waals surface area contributed by atoms with Crippen molar-refractivity contribution in [3.8, 4) is 0 Å². The smallest absolute Gasteiger partial charge is 0.310 e. The summed E-state index contributed by atoms with van der Waals surface area (Å²) >= 11 is 0. The van der Waals surface area contributed by atoms with E-state index in [1.807, 2.05) is 0 Å². The SMILES string of the molecule is [13CH3][13C](=O)O[13C]([13CH3])=O. The summed E-state index contributed by atoms with van der Waals surface area (Å²) in [5, 5.41) is 0. The zero-order valence-electron chi connectivity index (χ0n) is 4.22. The van der Waals surface area contributed by atoms with E-state index in [1.54, 1.807) is 0 Å². The molecule has 7 heavy (non-hydrogen) atoms. The number of carbonyl (C=O) groups excluding carboxylic acids is 2. The Hall–Kier alpha value is -0.860. The summed E-state index contributed by atoms with van der Waals surface area (Å²) in [6.07, 6.45) is 0. The van der Waals surface area contributed by atoms with E-state index in [9.17, 15) is 9.59 Å². The third-order valence-corrected chi connectivity index (χ3v) is 0.287. The van der Waals surface area contributed by atoms with Crippen molar-refractivity contribution in [2.75, 3.05) is 0 Å². The molecule has 40 valence electrons. The van der Waals surface area contributed by atoms with E-state index in [-0.39, 0.29) is 0 Å². The maximum Gasteiger partial charge on any atom is 0.310 e. The molecule has 0 aromatic carbocycles. The highest BCUT2D eigenvalue weighted by atomic mass is 16.7. The van der Waals surface area contributed by atoms with Gasteiger partial charge in [0.15, 0.2) is 0 Å². The van der Waals surface area contributed by atoms with Crippen molar-refractivity contribution >= 4 is 11.9 Å². The summed E-state index contributed by atoms with van der Waals surface area (Å²) in [6, 6.07) is 0. The third-order valence-electron chi connectivity index (χ3n) is 0.287. The summed E-state index contributed by atoms with van der Waals surface area (Å²) < 4.78 is 3.97. The van der Waals surface area contributed by atoms with Crippen LogP contribution in [-0.2, 0) is 14.3 Å². The molecule has 0 amide bonds. The van der Waals surface area contributed by atoms with Gasteiger partial charge < -0.3 is 4.74 Å². The quantitative estimate of drug-likeness (QED) is 0.250. The molecule has 3 nitrogen and oxygen atoms in total. The maximum absolute atomic E-state index is 9.81. The summed E-state index contributed by atoms with van der Waals surface area (Å²) in [5.41, 5.74) is 0. The van der Waals surface area contributed by atoms with Gasteiger partial charge in [0, 0.05) is 13.8 Å². The van der Waals surface area contributed by atoms with Gasteiger partial charge in [0.05, 0.1) is 0 Å². The average Bonchev–Trinajstić information content (AvgIpc) is 1.27. The van der Waals surface area contributed by atoms with Crippen molar-refractivity contribution in [3.05, 3.63) is 0 Å². The van der Waals surface area contributed by atoms with Crippen LogP contribution in [0.4, 0.5) is 0 Å². The van der Waals surface area contributed by atoms with E-state index in [0.717, 1.165) is 0 Å². The van der Waals surface area contributed by atoms with Crippen LogP contribution in [0.25, 0.3) is 0 Å². The molecule has 0 aromatic heterocycles. The zero-order chi connectivity index (χ0) is 5.86. The van der Waals surface area contributed by atoms with Crippen LogP contribution in [0.5, 0.6) is 0 Å². The van der Waals surface area contributed by atoms with Gasteiger partial charge in [-0.25, -0.2) is 0 Å². The van der Waals surface area contributed by atoms with E-state index in [0.29, 0.717) is 0 Å². The standard InChI is InChI=1S/C4H6O3/c1-3(5)7-4(2)6/h1-2H3/i1+1,2+1,3+1,4+1. The van der Waals surface area contributed by atoms with Gasteiger partial charge in [-0.05, 0) is 0 Å². The van der Waals surface area contributed by atoms with Crippen molar-refractivity contribution in [2.24, 2.45) is 0 Å². The second-order valence-corrected chi connectivity index (χ2v) is 1.09. The lowest BCUT2D eigenvalue weighted by molar-refractivity contribution is -0.156. The third kappa shape index (κ3) is 5.14. The number of hydrogen-bond donors (Lipinski definition) is 0. The first kappa shape index (κ1) is 6.14. The molecule has 3 heteroatoms. The predicted octanol–water partition coefficient (Wildman–Crippen LogP) is 0.0960. The molecule has 0 radical (unpaired) electrons. The topological polar surface area (TPSA) is 43.4 Å². The highest BCUT2D eigenvalue weighted by Crippen LogP contribution is 1.73. The zero-order valence-corrected chi connectivity index (χ0v) is 4.22. The molecule has 0 bridgehead atoms. The summed E-state index contributed by atoms with van der Waals surface area (Å²) in [7, 11) is 0. The summed E-state index contributed by atoms with van der Waals surface area (Å²) in [6.45, 7) is 2.36. The van der Waals surface area contributed by atoms with Crippen LogP contribution < -0.4 is 0 Å². The van der Waals surface area contributed by atoms with Crippen LogP contribution in [0, 0.1) is 0 Å². The van der Waals surface area contributed by atoms with Gasteiger partial charge in [0.2, 0.25) is 0 Å². The number of rotatable bonds is 0. The minimum absolute atomic E-state index is 0.562. The molecule has 0 aliphatic carbocycles. The Bertz CT molecular complexity index is 83.1. The summed E-state index contributed by atoms with van der Waals surface area (Å²) in [5.74, 6) is -1.12. The van der Waals surface area contributed by atoms with E-state index >= 15 is 0 Å². The van der Waals surface area contributed by atoms with Gasteiger partial charge in [-0.1, -0.05) is 0 Å². The Kier molecular flexibility index (Phi) is 2.05. The fourth-order valence-corrected chi connectivity index (χ4v) is 0.202. The Morgan fingerprint density at radius 1 is 1.14 bits per heavy atom. The second-order valence-electron chi connectivity index (χ2n) is 1.09. The van der Waals surface area contributed by atoms with E-state index < -0.39 is 11.9 Å². The molecule has 0 aliphatic heterocycles. The first-order chi connectivity index (χ1) is 3.13.